The van der Waals surface area contributed by atoms with Gasteiger partial charge in [-0.2, -0.15) is 0 Å². The van der Waals surface area contributed by atoms with Crippen LogP contribution in [0.15, 0.2) is 30.3 Å². The smallest absolute Gasteiger partial charge is 0.408 e. The zero-order valence-electron chi connectivity index (χ0n) is 10.8. The maximum atomic E-state index is 11.8. The largest absolute Gasteiger partial charge is 0.465 e. The standard InChI is InChI=1S/C14H15NO5/c16-12(10-5-2-1-3-6-10)9-20-13(17)11-7-4-8-15(11)14(18)19/h1-3,5-6,11H,4,7-9H2,(H,18,19). The Bertz CT molecular complexity index is 514. The molecule has 1 atom stereocenters. The second-order valence-electron chi connectivity index (χ2n) is 4.53. The molecule has 106 valence electrons. The van der Waals surface area contributed by atoms with Crippen molar-refractivity contribution in [2.45, 2.75) is 18.9 Å². The Kier molecular flexibility index (Phi) is 4.34. The number of hydrogen-bond donors (Lipinski definition) is 1. The molecule has 0 aromatic heterocycles. The molecule has 20 heavy (non-hydrogen) atoms. The number of ether oxygens (including phenoxy) is 1. The number of nitrogens with zero attached hydrogens (tertiary/aromatic N) is 1. The van der Waals surface area contributed by atoms with Crippen LogP contribution in [0.4, 0.5) is 4.79 Å². The highest BCUT2D eigenvalue weighted by Crippen LogP contribution is 2.18. The number of Topliss-reactive ketones (excluding diaryl/α,β-unsaturated/α-hetero) is 1. The fourth-order valence-electron chi connectivity index (χ4n) is 2.18. The summed E-state index contributed by atoms with van der Waals surface area (Å²) in [4.78, 5) is 35.6. The number of carboxylic acid groups (broad SMARTS) is 1. The summed E-state index contributed by atoms with van der Waals surface area (Å²) in [6.07, 6.45) is -0.0811. The summed E-state index contributed by atoms with van der Waals surface area (Å²) < 4.78 is 4.93. The van der Waals surface area contributed by atoms with E-state index in [0.717, 1.165) is 4.90 Å². The number of ketones is 1. The molecule has 1 aromatic carbocycles. The van der Waals surface area contributed by atoms with E-state index in [4.69, 9.17) is 9.84 Å². The summed E-state index contributed by atoms with van der Waals surface area (Å²) in [7, 11) is 0. The fourth-order valence-corrected chi connectivity index (χ4v) is 2.18. The minimum atomic E-state index is -1.14. The van der Waals surface area contributed by atoms with Crippen molar-refractivity contribution in [3.8, 4) is 0 Å². The molecule has 6 nitrogen and oxygen atoms in total. The number of carbonyl (C=O) groups is 3. The van der Waals surface area contributed by atoms with Crippen LogP contribution in [0.3, 0.4) is 0 Å². The van der Waals surface area contributed by atoms with Gasteiger partial charge in [0.15, 0.2) is 12.4 Å². The van der Waals surface area contributed by atoms with Crippen LogP contribution >= 0.6 is 0 Å². The van der Waals surface area contributed by atoms with Crippen LogP contribution in [-0.4, -0.2) is 47.0 Å². The van der Waals surface area contributed by atoms with Crippen LogP contribution in [0.1, 0.15) is 23.2 Å². The topological polar surface area (TPSA) is 83.9 Å². The van der Waals surface area contributed by atoms with E-state index in [2.05, 4.69) is 0 Å². The highest BCUT2D eigenvalue weighted by Gasteiger charge is 2.35. The van der Waals surface area contributed by atoms with Crippen molar-refractivity contribution in [1.82, 2.24) is 4.90 Å². The monoisotopic (exact) mass is 277 g/mol. The molecular formula is C14H15NO5. The van der Waals surface area contributed by atoms with Gasteiger partial charge in [0.25, 0.3) is 0 Å². The van der Waals surface area contributed by atoms with E-state index in [1.54, 1.807) is 30.3 Å². The third kappa shape index (κ3) is 3.14. The third-order valence-corrected chi connectivity index (χ3v) is 3.21. The zero-order valence-corrected chi connectivity index (χ0v) is 10.8. The minimum absolute atomic E-state index is 0.307. The molecule has 1 fully saturated rings. The molecule has 1 N–H and O–H groups in total. The van der Waals surface area contributed by atoms with Crippen molar-refractivity contribution in [3.05, 3.63) is 35.9 Å². The van der Waals surface area contributed by atoms with E-state index >= 15 is 0 Å². The molecule has 1 heterocycles. The number of amides is 1. The molecule has 2 rings (SSSR count). The SMILES string of the molecule is O=C(COC(=O)C1CCCN1C(=O)O)c1ccccc1. The van der Waals surface area contributed by atoms with Gasteiger partial charge in [-0.15, -0.1) is 0 Å². The van der Waals surface area contributed by atoms with Crippen LogP contribution in [-0.2, 0) is 9.53 Å². The highest BCUT2D eigenvalue weighted by molar-refractivity contribution is 5.98. The molecule has 0 saturated carbocycles. The van der Waals surface area contributed by atoms with Crippen molar-refractivity contribution in [1.29, 1.82) is 0 Å². The second kappa shape index (κ2) is 6.18. The molecule has 0 bridgehead atoms. The van der Waals surface area contributed by atoms with Crippen LogP contribution in [0.5, 0.6) is 0 Å². The molecule has 6 heteroatoms. The normalized spacial score (nSPS) is 17.8. The Morgan fingerprint density at radius 2 is 1.95 bits per heavy atom. The van der Waals surface area contributed by atoms with Crippen molar-refractivity contribution >= 4 is 17.8 Å². The lowest BCUT2D eigenvalue weighted by atomic mass is 10.1. The van der Waals surface area contributed by atoms with Crippen molar-refractivity contribution in [3.63, 3.8) is 0 Å². The summed E-state index contributed by atoms with van der Waals surface area (Å²) >= 11 is 0. The molecular weight excluding hydrogens is 262 g/mol. The lowest BCUT2D eigenvalue weighted by Crippen LogP contribution is -2.41. The van der Waals surface area contributed by atoms with Crippen LogP contribution in [0, 0.1) is 0 Å². The summed E-state index contributed by atoms with van der Waals surface area (Å²) in [6.45, 7) is -0.0471. The number of rotatable bonds is 4. The molecule has 1 aliphatic rings. The van der Waals surface area contributed by atoms with Crippen molar-refractivity contribution in [2.75, 3.05) is 13.2 Å². The summed E-state index contributed by atoms with van der Waals surface area (Å²) in [5, 5.41) is 8.94. The van der Waals surface area contributed by atoms with E-state index in [1.165, 1.54) is 0 Å². The van der Waals surface area contributed by atoms with Crippen molar-refractivity contribution < 1.29 is 24.2 Å². The highest BCUT2D eigenvalue weighted by atomic mass is 16.5. The van der Waals surface area contributed by atoms with Crippen molar-refractivity contribution in [2.24, 2.45) is 0 Å². The predicted molar refractivity (Wildman–Crippen MR) is 69.5 cm³/mol. The minimum Gasteiger partial charge on any atom is -0.465 e. The van der Waals surface area contributed by atoms with Gasteiger partial charge in [-0.25, -0.2) is 9.59 Å². The Hall–Kier alpha value is -2.37. The lowest BCUT2D eigenvalue weighted by molar-refractivity contribution is -0.147. The predicted octanol–water partition coefficient (Wildman–Crippen LogP) is 1.55. The Balaban J connectivity index is 1.89. The maximum absolute atomic E-state index is 11.8. The quantitative estimate of drug-likeness (QED) is 0.667. The number of hydrogen-bond acceptors (Lipinski definition) is 4. The van der Waals surface area contributed by atoms with E-state index in [1.807, 2.05) is 0 Å². The maximum Gasteiger partial charge on any atom is 0.408 e. The van der Waals surface area contributed by atoms with E-state index < -0.39 is 18.1 Å². The molecule has 1 aliphatic heterocycles. The second-order valence-corrected chi connectivity index (χ2v) is 4.53. The number of likely N-dealkylation sites (tertiary alicyclic amines) is 1. The Morgan fingerprint density at radius 3 is 2.60 bits per heavy atom. The van der Waals surface area contributed by atoms with Crippen LogP contribution < -0.4 is 0 Å². The van der Waals surface area contributed by atoms with Gasteiger partial charge in [0.05, 0.1) is 0 Å². The van der Waals surface area contributed by atoms with Gasteiger partial charge in [0, 0.05) is 12.1 Å². The van der Waals surface area contributed by atoms with Gasteiger partial charge in [-0.05, 0) is 12.8 Å². The first-order chi connectivity index (χ1) is 9.59. The zero-order chi connectivity index (χ0) is 14.5. The first-order valence-corrected chi connectivity index (χ1v) is 6.34. The molecule has 1 unspecified atom stereocenters. The number of benzene rings is 1. The third-order valence-electron chi connectivity index (χ3n) is 3.21. The number of esters is 1. The van der Waals surface area contributed by atoms with E-state index in [-0.39, 0.29) is 12.4 Å². The summed E-state index contributed by atoms with van der Waals surface area (Å²) in [5.74, 6) is -0.965. The van der Waals surface area contributed by atoms with Gasteiger partial charge in [0.1, 0.15) is 6.04 Å². The molecule has 1 aromatic rings. The molecule has 0 aliphatic carbocycles. The average Bonchev–Trinajstić information content (AvgIpc) is 2.95. The lowest BCUT2D eigenvalue weighted by Gasteiger charge is -2.19. The van der Waals surface area contributed by atoms with Gasteiger partial charge < -0.3 is 9.84 Å². The van der Waals surface area contributed by atoms with Gasteiger partial charge in [-0.1, -0.05) is 30.3 Å². The van der Waals surface area contributed by atoms with Gasteiger partial charge >= 0.3 is 12.1 Å². The van der Waals surface area contributed by atoms with Gasteiger partial charge in [0.2, 0.25) is 0 Å². The number of carbonyl (C=O) groups excluding carboxylic acids is 2. The van der Waals surface area contributed by atoms with E-state index in [0.29, 0.717) is 24.9 Å². The first kappa shape index (κ1) is 14.0. The Morgan fingerprint density at radius 1 is 1.25 bits per heavy atom. The average molecular weight is 277 g/mol. The fraction of sp³-hybridized carbons (Fsp3) is 0.357. The summed E-state index contributed by atoms with van der Waals surface area (Å²) in [6, 6.07) is 7.70. The van der Waals surface area contributed by atoms with E-state index in [9.17, 15) is 14.4 Å². The van der Waals surface area contributed by atoms with Gasteiger partial charge in [-0.3, -0.25) is 9.69 Å². The summed E-state index contributed by atoms with van der Waals surface area (Å²) in [5.41, 5.74) is 0.460. The van der Waals surface area contributed by atoms with Crippen LogP contribution in [0.25, 0.3) is 0 Å². The molecule has 1 amide bonds. The molecule has 0 spiro atoms. The van der Waals surface area contributed by atoms with Crippen LogP contribution in [0.2, 0.25) is 0 Å². The Labute approximate surface area is 115 Å². The molecule has 1 saturated heterocycles. The molecule has 0 radical (unpaired) electrons. The first-order valence-electron chi connectivity index (χ1n) is 6.34.